The molecular formula is C24H34N6O4. The third-order valence-corrected chi connectivity index (χ3v) is 6.26. The average molecular weight is 471 g/mol. The topological polar surface area (TPSA) is 100 Å². The monoisotopic (exact) mass is 470 g/mol. The highest BCUT2D eigenvalue weighted by Crippen LogP contribution is 2.23. The molecule has 2 aromatic rings. The second kappa shape index (κ2) is 9.61. The van der Waals surface area contributed by atoms with Crippen molar-refractivity contribution in [3.8, 4) is 0 Å². The van der Waals surface area contributed by atoms with Crippen LogP contribution < -0.4 is 15.8 Å². The number of anilines is 1. The van der Waals surface area contributed by atoms with E-state index in [-0.39, 0.29) is 24.1 Å². The van der Waals surface area contributed by atoms with Crippen LogP contribution in [0.1, 0.15) is 20.8 Å². The fraction of sp³-hybridized carbons (Fsp3) is 0.583. The molecule has 2 aliphatic rings. The minimum atomic E-state index is -0.464. The van der Waals surface area contributed by atoms with Crippen LogP contribution in [0.5, 0.6) is 0 Å². The Morgan fingerprint density at radius 3 is 2.50 bits per heavy atom. The molecule has 1 aromatic heterocycles. The van der Waals surface area contributed by atoms with Gasteiger partial charge in [-0.3, -0.25) is 19.1 Å². The summed E-state index contributed by atoms with van der Waals surface area (Å²) in [5.74, 6) is 0.237. The maximum Gasteiger partial charge on any atom is 0.410 e. The van der Waals surface area contributed by atoms with Crippen molar-refractivity contribution < 1.29 is 14.3 Å². The summed E-state index contributed by atoms with van der Waals surface area (Å²) in [7, 11) is 1.54. The first-order valence-corrected chi connectivity index (χ1v) is 11.8. The molecule has 34 heavy (non-hydrogen) atoms. The molecule has 10 nitrogen and oxygen atoms in total. The highest BCUT2D eigenvalue weighted by molar-refractivity contribution is 5.82. The van der Waals surface area contributed by atoms with Crippen LogP contribution in [0.25, 0.3) is 10.9 Å². The van der Waals surface area contributed by atoms with Crippen molar-refractivity contribution in [2.75, 3.05) is 57.8 Å². The van der Waals surface area contributed by atoms with Gasteiger partial charge in [0.2, 0.25) is 5.91 Å². The minimum Gasteiger partial charge on any atom is -0.444 e. The molecule has 0 aliphatic carbocycles. The van der Waals surface area contributed by atoms with Gasteiger partial charge in [0.25, 0.3) is 5.56 Å². The van der Waals surface area contributed by atoms with Crippen molar-refractivity contribution in [1.82, 2.24) is 24.7 Å². The number of nitrogens with zero attached hydrogens (tertiary/aromatic N) is 5. The van der Waals surface area contributed by atoms with E-state index in [9.17, 15) is 14.4 Å². The molecule has 2 aliphatic heterocycles. The van der Waals surface area contributed by atoms with E-state index in [1.165, 1.54) is 10.9 Å². The lowest BCUT2D eigenvalue weighted by Crippen LogP contribution is -2.57. The number of amides is 2. The first kappa shape index (κ1) is 24.0. The van der Waals surface area contributed by atoms with Crippen LogP contribution in [0.2, 0.25) is 0 Å². The number of fused-ring (bicyclic) bond motifs is 1. The molecular weight excluding hydrogens is 436 g/mol. The number of nitrogens with one attached hydrogen (secondary N) is 1. The molecule has 3 heterocycles. The van der Waals surface area contributed by atoms with Gasteiger partial charge >= 0.3 is 6.09 Å². The summed E-state index contributed by atoms with van der Waals surface area (Å²) in [4.78, 5) is 47.5. The number of likely N-dealkylation sites (N-methyl/N-ethyl adjacent to an activating group) is 1. The molecule has 2 saturated heterocycles. The van der Waals surface area contributed by atoms with Crippen molar-refractivity contribution in [1.29, 1.82) is 0 Å². The second-order valence-electron chi connectivity index (χ2n) is 10.1. The van der Waals surface area contributed by atoms with Gasteiger partial charge in [0, 0.05) is 64.5 Å². The predicted octanol–water partition coefficient (Wildman–Crippen LogP) is 1.13. The Labute approximate surface area is 199 Å². The summed E-state index contributed by atoms with van der Waals surface area (Å²) >= 11 is 0. The zero-order chi connectivity index (χ0) is 24.5. The minimum absolute atomic E-state index is 0.0479. The summed E-state index contributed by atoms with van der Waals surface area (Å²) in [6.07, 6.45) is 1.19. The summed E-state index contributed by atoms with van der Waals surface area (Å²) in [5.41, 5.74) is 0.936. The molecule has 0 unspecified atom stereocenters. The number of ether oxygens (including phenoxy) is 1. The van der Waals surface area contributed by atoms with E-state index in [1.807, 2.05) is 39.0 Å². The van der Waals surface area contributed by atoms with Crippen LogP contribution in [-0.4, -0.2) is 89.8 Å². The largest absolute Gasteiger partial charge is 0.444 e. The Balaban J connectivity index is 1.31. The van der Waals surface area contributed by atoms with Crippen molar-refractivity contribution in [2.24, 2.45) is 5.92 Å². The van der Waals surface area contributed by atoms with Gasteiger partial charge in [-0.1, -0.05) is 0 Å². The lowest BCUT2D eigenvalue weighted by Gasteiger charge is -2.44. The number of piperazine rings is 1. The molecule has 2 fully saturated rings. The van der Waals surface area contributed by atoms with E-state index in [0.29, 0.717) is 16.8 Å². The van der Waals surface area contributed by atoms with E-state index >= 15 is 0 Å². The zero-order valence-electron chi connectivity index (χ0n) is 20.4. The third-order valence-electron chi connectivity index (χ3n) is 6.26. The fourth-order valence-electron chi connectivity index (χ4n) is 4.40. The number of rotatable bonds is 5. The van der Waals surface area contributed by atoms with Crippen LogP contribution in [-0.2, 0) is 16.1 Å². The normalized spacial score (nSPS) is 17.5. The molecule has 184 valence electrons. The Kier molecular flexibility index (Phi) is 6.79. The van der Waals surface area contributed by atoms with Gasteiger partial charge in [-0.05, 0) is 39.0 Å². The van der Waals surface area contributed by atoms with E-state index in [2.05, 4.69) is 20.1 Å². The number of hydrogen-bond donors (Lipinski definition) is 1. The molecule has 10 heteroatoms. The van der Waals surface area contributed by atoms with Gasteiger partial charge in [0.05, 0.1) is 17.2 Å². The van der Waals surface area contributed by atoms with E-state index < -0.39 is 5.60 Å². The smallest absolute Gasteiger partial charge is 0.410 e. The lowest BCUT2D eigenvalue weighted by molar-refractivity contribution is -0.121. The van der Waals surface area contributed by atoms with E-state index in [1.54, 1.807) is 11.9 Å². The molecule has 0 atom stereocenters. The summed E-state index contributed by atoms with van der Waals surface area (Å²) < 4.78 is 6.77. The number of carbonyl (C=O) groups is 2. The quantitative estimate of drug-likeness (QED) is 0.699. The standard InChI is InChI=1S/C24H34N6O4/c1-24(2,3)34-23(33)29-13-17(14-29)12-27-7-9-28(10-8-27)18-5-6-20-19(11-18)22(32)30(16-26-20)15-21(31)25-4/h5-6,11,16-17H,7-10,12-15H2,1-4H3,(H,25,31). The van der Waals surface area contributed by atoms with Gasteiger partial charge < -0.3 is 19.9 Å². The van der Waals surface area contributed by atoms with Crippen LogP contribution in [0, 0.1) is 5.92 Å². The SMILES string of the molecule is CNC(=O)Cn1cnc2ccc(N3CCN(CC4CN(C(=O)OC(C)(C)C)C4)CC3)cc2c1=O. The van der Waals surface area contributed by atoms with Crippen molar-refractivity contribution in [2.45, 2.75) is 32.9 Å². The van der Waals surface area contributed by atoms with Crippen LogP contribution in [0.15, 0.2) is 29.3 Å². The predicted molar refractivity (Wildman–Crippen MR) is 130 cm³/mol. The highest BCUT2D eigenvalue weighted by atomic mass is 16.6. The number of hydrogen-bond acceptors (Lipinski definition) is 7. The second-order valence-corrected chi connectivity index (χ2v) is 10.1. The maximum absolute atomic E-state index is 12.9. The first-order chi connectivity index (χ1) is 16.1. The lowest BCUT2D eigenvalue weighted by atomic mass is 10.00. The van der Waals surface area contributed by atoms with Gasteiger partial charge in [0.15, 0.2) is 0 Å². The number of aromatic nitrogens is 2. The highest BCUT2D eigenvalue weighted by Gasteiger charge is 2.35. The van der Waals surface area contributed by atoms with Crippen LogP contribution in [0.4, 0.5) is 10.5 Å². The number of benzene rings is 1. The summed E-state index contributed by atoms with van der Waals surface area (Å²) in [6, 6.07) is 5.74. The van der Waals surface area contributed by atoms with Gasteiger partial charge in [-0.15, -0.1) is 0 Å². The molecule has 1 N–H and O–H groups in total. The maximum atomic E-state index is 12.9. The number of likely N-dealkylation sites (tertiary alicyclic amines) is 1. The Bertz CT molecular complexity index is 1110. The van der Waals surface area contributed by atoms with Crippen molar-refractivity contribution in [3.05, 3.63) is 34.9 Å². The van der Waals surface area contributed by atoms with Crippen LogP contribution in [0.3, 0.4) is 0 Å². The summed E-state index contributed by atoms with van der Waals surface area (Å²) in [6.45, 7) is 11.6. The van der Waals surface area contributed by atoms with Crippen molar-refractivity contribution in [3.63, 3.8) is 0 Å². The van der Waals surface area contributed by atoms with Crippen LogP contribution >= 0.6 is 0 Å². The zero-order valence-corrected chi connectivity index (χ0v) is 20.4. The molecule has 4 rings (SSSR count). The van der Waals surface area contributed by atoms with Gasteiger partial charge in [0.1, 0.15) is 12.1 Å². The number of carbonyl (C=O) groups excluding carboxylic acids is 2. The molecule has 0 saturated carbocycles. The Morgan fingerprint density at radius 2 is 1.85 bits per heavy atom. The Hall–Kier alpha value is -3.14. The van der Waals surface area contributed by atoms with E-state index in [0.717, 1.165) is 51.5 Å². The molecule has 0 spiro atoms. The van der Waals surface area contributed by atoms with Crippen molar-refractivity contribution >= 4 is 28.6 Å². The van der Waals surface area contributed by atoms with Gasteiger partial charge in [-0.25, -0.2) is 9.78 Å². The first-order valence-electron chi connectivity index (χ1n) is 11.8. The summed E-state index contributed by atoms with van der Waals surface area (Å²) in [5, 5.41) is 3.05. The van der Waals surface area contributed by atoms with Gasteiger partial charge in [-0.2, -0.15) is 0 Å². The van der Waals surface area contributed by atoms with E-state index in [4.69, 9.17) is 4.74 Å². The molecule has 1 aromatic carbocycles. The fourth-order valence-corrected chi connectivity index (χ4v) is 4.40. The average Bonchev–Trinajstić information content (AvgIpc) is 2.76. The third kappa shape index (κ3) is 5.49. The Morgan fingerprint density at radius 1 is 1.15 bits per heavy atom. The molecule has 0 bridgehead atoms. The molecule has 0 radical (unpaired) electrons. The molecule has 2 amide bonds.